The van der Waals surface area contributed by atoms with Crippen molar-refractivity contribution in [3.63, 3.8) is 0 Å². The fourth-order valence-electron chi connectivity index (χ4n) is 4.76. The first-order valence-corrected chi connectivity index (χ1v) is 13.4. The van der Waals surface area contributed by atoms with Gasteiger partial charge in [-0.2, -0.15) is 3.97 Å². The summed E-state index contributed by atoms with van der Waals surface area (Å²) in [6, 6.07) is 4.29. The maximum absolute atomic E-state index is 15.0. The topological polar surface area (TPSA) is 109 Å². The molecule has 32 heavy (non-hydrogen) atoms. The smallest absolute Gasteiger partial charge is 0.347 e. The molecule has 1 aliphatic heterocycles. The van der Waals surface area contributed by atoms with Gasteiger partial charge >= 0.3 is 5.69 Å². The van der Waals surface area contributed by atoms with E-state index in [0.29, 0.717) is 54.3 Å². The second-order valence-electron chi connectivity index (χ2n) is 8.58. The summed E-state index contributed by atoms with van der Waals surface area (Å²) < 4.78 is 45.5. The van der Waals surface area contributed by atoms with Crippen molar-refractivity contribution < 1.29 is 12.8 Å². The molecule has 0 radical (unpaired) electrons. The van der Waals surface area contributed by atoms with Crippen molar-refractivity contribution in [2.45, 2.75) is 50.3 Å². The van der Waals surface area contributed by atoms with Gasteiger partial charge in [0.25, 0.3) is 5.56 Å². The molecule has 170 valence electrons. The summed E-state index contributed by atoms with van der Waals surface area (Å²) in [5, 5.41) is 0. The Kier molecular flexibility index (Phi) is 4.86. The number of nitrogens with zero attached hydrogens (tertiary/aromatic N) is 3. The number of fused-ring (bicyclic) bond motifs is 3. The molecule has 0 amide bonds. The predicted molar refractivity (Wildman–Crippen MR) is 129 cm³/mol. The third kappa shape index (κ3) is 2.79. The summed E-state index contributed by atoms with van der Waals surface area (Å²) in [6.45, 7) is 2.10. The van der Waals surface area contributed by atoms with Crippen LogP contribution in [0.4, 0.5) is 10.1 Å². The number of aryl methyl sites for hydroxylation is 2. The van der Waals surface area contributed by atoms with Crippen LogP contribution in [0.25, 0.3) is 16.7 Å². The summed E-state index contributed by atoms with van der Waals surface area (Å²) in [5.41, 5.74) is 5.56. The number of benzene rings is 1. The van der Waals surface area contributed by atoms with Gasteiger partial charge < -0.3 is 10.3 Å². The molecule has 2 aromatic heterocycles. The van der Waals surface area contributed by atoms with Crippen molar-refractivity contribution in [1.82, 2.24) is 13.1 Å². The molecule has 2 aliphatic rings. The number of imidazole rings is 1. The van der Waals surface area contributed by atoms with Crippen molar-refractivity contribution in [2.24, 2.45) is 0 Å². The minimum absolute atomic E-state index is 0.0373. The Morgan fingerprint density at radius 3 is 2.56 bits per heavy atom. The SMILES string of the molecule is Cc1ccc(-n2c(=O)n(S(=O)(=O)C3(CCI)CC3)c3c4n(c(=O)c(N)c32)CCC4)c(F)c1. The molecule has 0 saturated heterocycles. The number of pyridine rings is 1. The van der Waals surface area contributed by atoms with Gasteiger partial charge in [-0.1, -0.05) is 28.7 Å². The van der Waals surface area contributed by atoms with Gasteiger partial charge in [0.05, 0.1) is 10.4 Å². The molecule has 1 fully saturated rings. The molecule has 1 aromatic carbocycles. The molecule has 11 heteroatoms. The van der Waals surface area contributed by atoms with Crippen LogP contribution in [0.2, 0.25) is 0 Å². The lowest BCUT2D eigenvalue weighted by Crippen LogP contribution is -2.37. The van der Waals surface area contributed by atoms with Crippen molar-refractivity contribution in [3.8, 4) is 5.69 Å². The molecule has 0 bridgehead atoms. The average molecular weight is 572 g/mol. The van der Waals surface area contributed by atoms with Crippen LogP contribution in [0.3, 0.4) is 0 Å². The molecular weight excluding hydrogens is 550 g/mol. The van der Waals surface area contributed by atoms with Crippen molar-refractivity contribution in [3.05, 3.63) is 56.1 Å². The molecule has 3 heterocycles. The Bertz CT molecular complexity index is 1520. The highest BCUT2D eigenvalue weighted by atomic mass is 127. The number of nitrogen functional groups attached to an aromatic ring is 1. The fraction of sp³-hybridized carbons (Fsp3) is 0.429. The fourth-order valence-corrected chi connectivity index (χ4v) is 8.24. The van der Waals surface area contributed by atoms with Crippen LogP contribution in [-0.2, 0) is 23.0 Å². The van der Waals surface area contributed by atoms with Gasteiger partial charge in [0.15, 0.2) is 0 Å². The molecule has 0 atom stereocenters. The van der Waals surface area contributed by atoms with Crippen LogP contribution in [0.5, 0.6) is 0 Å². The summed E-state index contributed by atoms with van der Waals surface area (Å²) in [4.78, 5) is 26.7. The Balaban J connectivity index is 1.98. The van der Waals surface area contributed by atoms with Gasteiger partial charge in [-0.3, -0.25) is 9.36 Å². The highest BCUT2D eigenvalue weighted by Crippen LogP contribution is 2.48. The van der Waals surface area contributed by atoms with E-state index in [1.54, 1.807) is 13.0 Å². The summed E-state index contributed by atoms with van der Waals surface area (Å²) in [5.74, 6) is -0.697. The van der Waals surface area contributed by atoms with Crippen molar-refractivity contribution in [2.75, 3.05) is 10.2 Å². The number of nitrogens with two attached hydrogens (primary N) is 1. The zero-order chi connectivity index (χ0) is 23.0. The van der Waals surface area contributed by atoms with Crippen LogP contribution >= 0.6 is 22.6 Å². The van der Waals surface area contributed by atoms with Gasteiger partial charge in [0.1, 0.15) is 22.5 Å². The van der Waals surface area contributed by atoms with Crippen LogP contribution < -0.4 is 17.0 Å². The van der Waals surface area contributed by atoms with Crippen molar-refractivity contribution >= 4 is 49.3 Å². The van der Waals surface area contributed by atoms with E-state index in [2.05, 4.69) is 22.6 Å². The lowest BCUT2D eigenvalue weighted by Gasteiger charge is -2.17. The monoisotopic (exact) mass is 572 g/mol. The molecule has 5 rings (SSSR count). The highest BCUT2D eigenvalue weighted by Gasteiger charge is 2.56. The Morgan fingerprint density at radius 1 is 1.22 bits per heavy atom. The number of hydrogen-bond acceptors (Lipinski definition) is 5. The number of rotatable bonds is 5. The Morgan fingerprint density at radius 2 is 1.94 bits per heavy atom. The largest absolute Gasteiger partial charge is 0.392 e. The Labute approximate surface area is 197 Å². The third-order valence-electron chi connectivity index (χ3n) is 6.63. The zero-order valence-electron chi connectivity index (χ0n) is 17.4. The number of alkyl halides is 1. The lowest BCUT2D eigenvalue weighted by atomic mass is 10.2. The first-order valence-electron chi connectivity index (χ1n) is 10.4. The molecular formula is C21H22FIN4O4S. The van der Waals surface area contributed by atoms with Gasteiger partial charge in [-0.05, 0) is 56.7 Å². The number of halogens is 2. The van der Waals surface area contributed by atoms with Gasteiger partial charge in [-0.15, -0.1) is 0 Å². The number of anilines is 1. The quantitative estimate of drug-likeness (QED) is 0.374. The van der Waals surface area contributed by atoms with Gasteiger partial charge in [0.2, 0.25) is 10.0 Å². The minimum Gasteiger partial charge on any atom is -0.392 e. The van der Waals surface area contributed by atoms with E-state index in [4.69, 9.17) is 5.73 Å². The lowest BCUT2D eigenvalue weighted by molar-refractivity contribution is 0.563. The van der Waals surface area contributed by atoms with Gasteiger partial charge in [-0.25, -0.2) is 17.6 Å². The van der Waals surface area contributed by atoms with E-state index in [1.165, 1.54) is 16.7 Å². The van der Waals surface area contributed by atoms with E-state index in [-0.39, 0.29) is 22.4 Å². The highest BCUT2D eigenvalue weighted by molar-refractivity contribution is 14.1. The van der Waals surface area contributed by atoms with Crippen LogP contribution in [0, 0.1) is 12.7 Å². The van der Waals surface area contributed by atoms with Gasteiger partial charge in [0, 0.05) is 16.7 Å². The zero-order valence-corrected chi connectivity index (χ0v) is 20.4. The number of hydrogen-bond donors (Lipinski definition) is 1. The van der Waals surface area contributed by atoms with E-state index < -0.39 is 31.8 Å². The van der Waals surface area contributed by atoms with E-state index in [9.17, 15) is 22.4 Å². The molecule has 8 nitrogen and oxygen atoms in total. The second kappa shape index (κ2) is 7.17. The first-order chi connectivity index (χ1) is 15.1. The summed E-state index contributed by atoms with van der Waals surface area (Å²) in [7, 11) is -4.12. The molecule has 3 aromatic rings. The van der Waals surface area contributed by atoms with Crippen LogP contribution in [0.1, 0.15) is 36.9 Å². The third-order valence-corrected chi connectivity index (χ3v) is 9.70. The Hall–Kier alpha value is -2.15. The molecule has 0 unspecified atom stereocenters. The first kappa shape index (κ1) is 21.7. The normalized spacial score (nSPS) is 17.1. The predicted octanol–water partition coefficient (Wildman–Crippen LogP) is 2.47. The molecule has 0 spiro atoms. The summed E-state index contributed by atoms with van der Waals surface area (Å²) >= 11 is 2.13. The van der Waals surface area contributed by atoms with E-state index in [1.807, 2.05) is 0 Å². The standard InChI is InChI=1S/C21H22FIN4O4S/c1-12-4-5-14(13(22)11-12)26-18-16(24)19(28)25-10-2-3-15(25)17(18)27(20(26)29)32(30,31)21(6-7-21)8-9-23/h4-5,11H,2-3,6-10,24H2,1H3. The summed E-state index contributed by atoms with van der Waals surface area (Å²) in [6.07, 6.45) is 2.39. The van der Waals surface area contributed by atoms with E-state index in [0.717, 1.165) is 8.54 Å². The van der Waals surface area contributed by atoms with E-state index >= 15 is 0 Å². The maximum Gasteiger partial charge on any atom is 0.347 e. The molecule has 1 aliphatic carbocycles. The van der Waals surface area contributed by atoms with Crippen LogP contribution in [0.15, 0.2) is 27.8 Å². The van der Waals surface area contributed by atoms with Crippen LogP contribution in [-0.4, -0.2) is 30.7 Å². The molecule has 1 saturated carbocycles. The second-order valence-corrected chi connectivity index (χ2v) is 11.8. The van der Waals surface area contributed by atoms with Crippen molar-refractivity contribution in [1.29, 1.82) is 0 Å². The maximum atomic E-state index is 15.0. The molecule has 2 N–H and O–H groups in total. The average Bonchev–Trinajstić information content (AvgIpc) is 3.25. The minimum atomic E-state index is -4.12. The number of aromatic nitrogens is 3.